The van der Waals surface area contributed by atoms with Crippen molar-refractivity contribution in [3.63, 3.8) is 0 Å². The van der Waals surface area contributed by atoms with Gasteiger partial charge in [-0.1, -0.05) is 6.07 Å². The molecule has 138 valence electrons. The maximum Gasteiger partial charge on any atom is 0.417 e. The summed E-state index contributed by atoms with van der Waals surface area (Å²) in [5.41, 5.74) is -0.300. The number of nitrogens with zero attached hydrogens (tertiary/aromatic N) is 1. The van der Waals surface area contributed by atoms with Crippen LogP contribution in [-0.4, -0.2) is 16.4 Å². The number of hydrogen-bond donors (Lipinski definition) is 2. The molecule has 0 aliphatic rings. The van der Waals surface area contributed by atoms with Gasteiger partial charge in [-0.3, -0.25) is 14.4 Å². The lowest BCUT2D eigenvalue weighted by Crippen LogP contribution is -2.28. The van der Waals surface area contributed by atoms with Crippen LogP contribution in [0.3, 0.4) is 0 Å². The minimum absolute atomic E-state index is 0.285. The smallest absolute Gasteiger partial charge is 0.326 e. The van der Waals surface area contributed by atoms with E-state index in [0.29, 0.717) is 33.8 Å². The van der Waals surface area contributed by atoms with Crippen LogP contribution in [0.25, 0.3) is 0 Å². The Labute approximate surface area is 146 Å². The highest BCUT2D eigenvalue weighted by Crippen LogP contribution is 2.28. The number of halogens is 3. The highest BCUT2D eigenvalue weighted by atomic mass is 19.4. The average Bonchev–Trinajstić information content (AvgIpc) is 2.52. The summed E-state index contributed by atoms with van der Waals surface area (Å²) < 4.78 is 38.9. The zero-order valence-corrected chi connectivity index (χ0v) is 14.0. The Morgan fingerprint density at radius 3 is 2.27 bits per heavy atom. The predicted molar refractivity (Wildman–Crippen MR) is 89.8 cm³/mol. The topological polar surface area (TPSA) is 80.2 Å². The number of hydrogen-bond acceptors (Lipinski definition) is 3. The zero-order valence-electron chi connectivity index (χ0n) is 14.0. The number of pyridine rings is 1. The molecule has 0 saturated heterocycles. The Balaban J connectivity index is 2.20. The van der Waals surface area contributed by atoms with Gasteiger partial charge in [0.15, 0.2) is 0 Å². The Morgan fingerprint density at radius 2 is 1.69 bits per heavy atom. The number of amides is 2. The molecule has 0 unspecified atom stereocenters. The molecule has 6 nitrogen and oxygen atoms in total. The van der Waals surface area contributed by atoms with Gasteiger partial charge < -0.3 is 15.2 Å². The first-order valence-electron chi connectivity index (χ1n) is 7.52. The lowest BCUT2D eigenvalue weighted by Gasteiger charge is -2.14. The summed E-state index contributed by atoms with van der Waals surface area (Å²) in [6.07, 6.45) is -4.02. The summed E-state index contributed by atoms with van der Waals surface area (Å²) >= 11 is 0. The Kier molecular flexibility index (Phi) is 5.49. The third-order valence-electron chi connectivity index (χ3n) is 3.54. The van der Waals surface area contributed by atoms with Gasteiger partial charge in [-0.25, -0.2) is 0 Å². The lowest BCUT2D eigenvalue weighted by molar-refractivity contribution is -0.138. The molecule has 0 bridgehead atoms. The Morgan fingerprint density at radius 1 is 1.08 bits per heavy atom. The van der Waals surface area contributed by atoms with Gasteiger partial charge in [0.25, 0.3) is 5.56 Å². The molecule has 0 aliphatic carbocycles. The maximum atomic E-state index is 12.7. The van der Waals surface area contributed by atoms with Crippen LogP contribution in [0.2, 0.25) is 0 Å². The summed E-state index contributed by atoms with van der Waals surface area (Å²) in [6.45, 7) is 2.43. The van der Waals surface area contributed by atoms with Crippen molar-refractivity contribution in [3.8, 4) is 0 Å². The summed E-state index contributed by atoms with van der Waals surface area (Å²) in [6, 6.07) is 6.25. The fourth-order valence-electron chi connectivity index (χ4n) is 2.26. The van der Waals surface area contributed by atoms with Crippen LogP contribution in [0.1, 0.15) is 18.1 Å². The minimum atomic E-state index is -4.62. The summed E-state index contributed by atoms with van der Waals surface area (Å²) in [5, 5.41) is 5.13. The molecule has 2 aromatic rings. The number of alkyl halides is 3. The molecule has 0 atom stereocenters. The highest BCUT2D eigenvalue weighted by Gasteiger charge is 2.31. The fourth-order valence-corrected chi connectivity index (χ4v) is 2.26. The molecule has 1 aromatic carbocycles. The zero-order chi connectivity index (χ0) is 19.5. The number of rotatable bonds is 4. The largest absolute Gasteiger partial charge is 0.417 e. The number of aromatic nitrogens is 1. The van der Waals surface area contributed by atoms with E-state index in [9.17, 15) is 27.6 Å². The van der Waals surface area contributed by atoms with Crippen LogP contribution in [0.15, 0.2) is 41.3 Å². The van der Waals surface area contributed by atoms with Gasteiger partial charge in [-0.05, 0) is 30.7 Å². The standard InChI is InChI=1S/C17H16F3N3O3/c1-10-13(21-11(2)24)4-3-5-14(10)22-15(25)9-23-8-12(17(18,19)20)6-7-16(23)26/h3-8H,9H2,1-2H3,(H,21,24)(H,22,25). The van der Waals surface area contributed by atoms with Crippen LogP contribution in [0, 0.1) is 6.92 Å². The first kappa shape index (κ1) is 19.2. The van der Waals surface area contributed by atoms with Crippen LogP contribution in [-0.2, 0) is 22.3 Å². The molecule has 0 aliphatic heterocycles. The van der Waals surface area contributed by atoms with E-state index in [0.717, 1.165) is 6.07 Å². The molecule has 0 spiro atoms. The second-order valence-corrected chi connectivity index (χ2v) is 5.59. The van der Waals surface area contributed by atoms with Gasteiger partial charge in [0, 0.05) is 30.6 Å². The van der Waals surface area contributed by atoms with Gasteiger partial charge >= 0.3 is 6.18 Å². The van der Waals surface area contributed by atoms with Gasteiger partial charge in [0.2, 0.25) is 11.8 Å². The van der Waals surface area contributed by atoms with Crippen LogP contribution in [0.4, 0.5) is 24.5 Å². The number of carbonyl (C=O) groups is 2. The molecular weight excluding hydrogens is 351 g/mol. The number of nitrogens with one attached hydrogen (secondary N) is 2. The molecule has 0 saturated carbocycles. The maximum absolute atomic E-state index is 12.7. The first-order valence-corrected chi connectivity index (χ1v) is 7.52. The van der Waals surface area contributed by atoms with Crippen molar-refractivity contribution in [2.24, 2.45) is 0 Å². The van der Waals surface area contributed by atoms with Crippen molar-refractivity contribution < 1.29 is 22.8 Å². The van der Waals surface area contributed by atoms with E-state index in [1.165, 1.54) is 6.92 Å². The summed E-state index contributed by atoms with van der Waals surface area (Å²) in [4.78, 5) is 35.0. The van der Waals surface area contributed by atoms with Crippen molar-refractivity contribution >= 4 is 23.2 Å². The van der Waals surface area contributed by atoms with E-state index in [4.69, 9.17) is 0 Å². The number of anilines is 2. The molecule has 0 radical (unpaired) electrons. The Hall–Kier alpha value is -3.10. The van der Waals surface area contributed by atoms with Crippen LogP contribution in [0.5, 0.6) is 0 Å². The molecule has 9 heteroatoms. The van der Waals surface area contributed by atoms with Crippen molar-refractivity contribution in [2.45, 2.75) is 26.6 Å². The fraction of sp³-hybridized carbons (Fsp3) is 0.235. The van der Waals surface area contributed by atoms with Crippen molar-refractivity contribution in [1.29, 1.82) is 0 Å². The van der Waals surface area contributed by atoms with Crippen molar-refractivity contribution in [2.75, 3.05) is 10.6 Å². The van der Waals surface area contributed by atoms with E-state index in [-0.39, 0.29) is 5.91 Å². The van der Waals surface area contributed by atoms with E-state index < -0.39 is 29.8 Å². The van der Waals surface area contributed by atoms with E-state index in [2.05, 4.69) is 10.6 Å². The van der Waals surface area contributed by atoms with Gasteiger partial charge in [-0.15, -0.1) is 0 Å². The molecule has 2 N–H and O–H groups in total. The van der Waals surface area contributed by atoms with Gasteiger partial charge in [0.05, 0.1) is 5.56 Å². The molecule has 2 amide bonds. The number of benzene rings is 1. The molecule has 1 heterocycles. The summed E-state index contributed by atoms with van der Waals surface area (Å²) in [7, 11) is 0. The van der Waals surface area contributed by atoms with E-state index >= 15 is 0 Å². The molecule has 1 aromatic heterocycles. The normalized spacial score (nSPS) is 11.1. The molecular formula is C17H16F3N3O3. The second kappa shape index (κ2) is 7.42. The minimum Gasteiger partial charge on any atom is -0.326 e. The second-order valence-electron chi connectivity index (χ2n) is 5.59. The third kappa shape index (κ3) is 4.71. The average molecular weight is 367 g/mol. The molecule has 2 rings (SSSR count). The van der Waals surface area contributed by atoms with Crippen molar-refractivity contribution in [1.82, 2.24) is 4.57 Å². The van der Waals surface area contributed by atoms with Gasteiger partial charge in [-0.2, -0.15) is 13.2 Å². The number of carbonyl (C=O) groups excluding carboxylic acids is 2. The molecule has 26 heavy (non-hydrogen) atoms. The monoisotopic (exact) mass is 367 g/mol. The lowest BCUT2D eigenvalue weighted by atomic mass is 10.1. The van der Waals surface area contributed by atoms with Crippen molar-refractivity contribution in [3.05, 3.63) is 58.0 Å². The molecule has 0 fully saturated rings. The van der Waals surface area contributed by atoms with Crippen LogP contribution < -0.4 is 16.2 Å². The van der Waals surface area contributed by atoms with E-state index in [1.807, 2.05) is 0 Å². The van der Waals surface area contributed by atoms with Gasteiger partial charge in [0.1, 0.15) is 6.54 Å². The SMILES string of the molecule is CC(=O)Nc1cccc(NC(=O)Cn2cc(C(F)(F)F)ccc2=O)c1C. The van der Waals surface area contributed by atoms with Crippen LogP contribution >= 0.6 is 0 Å². The Bertz CT molecular complexity index is 904. The summed E-state index contributed by atoms with van der Waals surface area (Å²) in [5.74, 6) is -0.957. The first-order chi connectivity index (χ1) is 12.1. The third-order valence-corrected chi connectivity index (χ3v) is 3.54. The van der Waals surface area contributed by atoms with E-state index in [1.54, 1.807) is 25.1 Å². The highest BCUT2D eigenvalue weighted by molar-refractivity contribution is 5.95. The quantitative estimate of drug-likeness (QED) is 0.872. The predicted octanol–water partition coefficient (Wildman–Crippen LogP) is 2.77.